The van der Waals surface area contributed by atoms with Gasteiger partial charge in [0.25, 0.3) is 0 Å². The lowest BCUT2D eigenvalue weighted by atomic mass is 10.1. The number of aromatic nitrogens is 1. The number of hydrogen-bond acceptors (Lipinski definition) is 1. The second kappa shape index (κ2) is 2.81. The van der Waals surface area contributed by atoms with Crippen LogP contribution in [0.2, 0.25) is 0 Å². The Morgan fingerprint density at radius 2 is 1.79 bits per heavy atom. The molecule has 0 aliphatic carbocycles. The van der Waals surface area contributed by atoms with Gasteiger partial charge >= 0.3 is 0 Å². The first-order chi connectivity index (χ1) is 6.93. The van der Waals surface area contributed by atoms with Crippen LogP contribution in [-0.2, 0) is 0 Å². The summed E-state index contributed by atoms with van der Waals surface area (Å²) in [6.45, 7) is 0. The Hall–Kier alpha value is -1.89. The van der Waals surface area contributed by atoms with E-state index in [0.717, 1.165) is 0 Å². The third kappa shape index (κ3) is 1.06. The maximum absolute atomic E-state index is 4.11. The van der Waals surface area contributed by atoms with Crippen LogP contribution in [0.4, 0.5) is 0 Å². The number of rotatable bonds is 0. The second-order valence-corrected chi connectivity index (χ2v) is 3.35. The van der Waals surface area contributed by atoms with Gasteiger partial charge in [0.1, 0.15) is 0 Å². The van der Waals surface area contributed by atoms with Gasteiger partial charge in [0, 0.05) is 17.8 Å². The molecule has 2 aromatic carbocycles. The van der Waals surface area contributed by atoms with E-state index in [2.05, 4.69) is 29.2 Å². The number of benzene rings is 2. The molecule has 1 aromatic heterocycles. The topological polar surface area (TPSA) is 12.9 Å². The van der Waals surface area contributed by atoms with Crippen LogP contribution in [0.1, 0.15) is 0 Å². The van der Waals surface area contributed by atoms with Crippen molar-refractivity contribution in [3.8, 4) is 0 Å². The zero-order chi connectivity index (χ0) is 9.38. The molecule has 0 saturated carbocycles. The molecule has 3 rings (SSSR count). The van der Waals surface area contributed by atoms with Crippen molar-refractivity contribution in [3.05, 3.63) is 54.9 Å². The van der Waals surface area contributed by atoms with Crippen molar-refractivity contribution < 1.29 is 0 Å². The summed E-state index contributed by atoms with van der Waals surface area (Å²) in [6.07, 6.45) is 3.71. The summed E-state index contributed by atoms with van der Waals surface area (Å²) in [5, 5.41) is 4.88. The minimum atomic E-state index is 1.19. The maximum Gasteiger partial charge on any atom is 0.0346 e. The standard InChI is InChI=1S/C13H8N/c1-2-4-11-8-13-9-14-6-5-12(13)7-10(11)3-1/h2-9H. The molecule has 0 saturated heterocycles. The Labute approximate surface area is 82.0 Å². The fraction of sp³-hybridized carbons (Fsp3) is 0. The molecule has 0 spiro atoms. The fourth-order valence-corrected chi connectivity index (χ4v) is 1.72. The third-order valence-corrected chi connectivity index (χ3v) is 2.44. The van der Waals surface area contributed by atoms with Gasteiger partial charge in [0.2, 0.25) is 0 Å². The predicted molar refractivity (Wildman–Crippen MR) is 58.1 cm³/mol. The molecule has 0 N–H and O–H groups in total. The average Bonchev–Trinajstić information content (AvgIpc) is 2.26. The normalized spacial score (nSPS) is 10.9. The Kier molecular flexibility index (Phi) is 1.51. The fourth-order valence-electron chi connectivity index (χ4n) is 1.72. The summed E-state index contributed by atoms with van der Waals surface area (Å²) in [6, 6.07) is 15.5. The summed E-state index contributed by atoms with van der Waals surface area (Å²) >= 11 is 0. The Balaban J connectivity index is 2.52. The molecule has 1 nitrogen and oxygen atoms in total. The van der Waals surface area contributed by atoms with E-state index in [0.29, 0.717) is 0 Å². The van der Waals surface area contributed by atoms with Crippen LogP contribution in [0.25, 0.3) is 21.5 Å². The van der Waals surface area contributed by atoms with Crippen molar-refractivity contribution in [1.29, 1.82) is 0 Å². The average molecular weight is 178 g/mol. The van der Waals surface area contributed by atoms with Crippen LogP contribution in [0, 0.1) is 6.07 Å². The molecule has 14 heavy (non-hydrogen) atoms. The first kappa shape index (κ1) is 7.51. The molecule has 0 amide bonds. The second-order valence-electron chi connectivity index (χ2n) is 3.35. The van der Waals surface area contributed by atoms with Gasteiger partial charge in [-0.1, -0.05) is 12.1 Å². The lowest BCUT2D eigenvalue weighted by Gasteiger charge is -2.00. The Morgan fingerprint density at radius 1 is 0.929 bits per heavy atom. The van der Waals surface area contributed by atoms with Gasteiger partial charge in [-0.3, -0.25) is 4.98 Å². The predicted octanol–water partition coefficient (Wildman–Crippen LogP) is 3.19. The molecular weight excluding hydrogens is 170 g/mol. The van der Waals surface area contributed by atoms with Crippen LogP contribution in [0.15, 0.2) is 48.8 Å². The van der Waals surface area contributed by atoms with E-state index in [1.54, 1.807) is 0 Å². The minimum Gasteiger partial charge on any atom is -0.264 e. The molecule has 0 aliphatic rings. The molecule has 0 atom stereocenters. The van der Waals surface area contributed by atoms with Crippen LogP contribution < -0.4 is 0 Å². The summed E-state index contributed by atoms with van der Waals surface area (Å²) in [7, 11) is 0. The van der Waals surface area contributed by atoms with Crippen molar-refractivity contribution in [3.63, 3.8) is 0 Å². The maximum atomic E-state index is 4.11. The van der Waals surface area contributed by atoms with Gasteiger partial charge in [-0.25, -0.2) is 0 Å². The van der Waals surface area contributed by atoms with Crippen molar-refractivity contribution >= 4 is 21.5 Å². The highest BCUT2D eigenvalue weighted by Crippen LogP contribution is 2.21. The molecule has 1 radical (unpaired) electrons. The number of fused-ring (bicyclic) bond motifs is 2. The lowest BCUT2D eigenvalue weighted by Crippen LogP contribution is -1.77. The number of hydrogen-bond donors (Lipinski definition) is 0. The van der Waals surface area contributed by atoms with Crippen molar-refractivity contribution in [2.24, 2.45) is 0 Å². The van der Waals surface area contributed by atoms with E-state index in [4.69, 9.17) is 0 Å². The first-order valence-electron chi connectivity index (χ1n) is 4.57. The number of nitrogens with zero attached hydrogens (tertiary/aromatic N) is 1. The molecule has 0 bridgehead atoms. The van der Waals surface area contributed by atoms with Crippen LogP contribution in [0.3, 0.4) is 0 Å². The van der Waals surface area contributed by atoms with E-state index in [-0.39, 0.29) is 0 Å². The highest BCUT2D eigenvalue weighted by molar-refractivity contribution is 5.97. The highest BCUT2D eigenvalue weighted by Gasteiger charge is 1.95. The summed E-state index contributed by atoms with van der Waals surface area (Å²) < 4.78 is 0. The van der Waals surface area contributed by atoms with Crippen molar-refractivity contribution in [2.75, 3.05) is 0 Å². The zero-order valence-corrected chi connectivity index (χ0v) is 7.57. The molecule has 1 heterocycles. The van der Waals surface area contributed by atoms with Gasteiger partial charge in [0.05, 0.1) is 0 Å². The molecule has 0 fully saturated rings. The van der Waals surface area contributed by atoms with Crippen molar-refractivity contribution in [2.45, 2.75) is 0 Å². The molecular formula is C13H8N. The molecule has 1 heteroatoms. The SMILES string of the molecule is [c]1ccc2cc3cnccc3cc2c1. The monoisotopic (exact) mass is 178 g/mol. The van der Waals surface area contributed by atoms with Crippen LogP contribution in [-0.4, -0.2) is 4.98 Å². The summed E-state index contributed by atoms with van der Waals surface area (Å²) in [5.41, 5.74) is 0. The van der Waals surface area contributed by atoms with E-state index in [1.807, 2.05) is 30.6 Å². The van der Waals surface area contributed by atoms with E-state index in [1.165, 1.54) is 21.5 Å². The largest absolute Gasteiger partial charge is 0.264 e. The lowest BCUT2D eigenvalue weighted by molar-refractivity contribution is 1.37. The summed E-state index contributed by atoms with van der Waals surface area (Å²) in [4.78, 5) is 4.11. The molecule has 0 aliphatic heterocycles. The molecule has 65 valence electrons. The highest BCUT2D eigenvalue weighted by atomic mass is 14.6. The van der Waals surface area contributed by atoms with Crippen LogP contribution in [0.5, 0.6) is 0 Å². The third-order valence-electron chi connectivity index (χ3n) is 2.44. The van der Waals surface area contributed by atoms with Gasteiger partial charge in [-0.2, -0.15) is 0 Å². The first-order valence-corrected chi connectivity index (χ1v) is 4.57. The Bertz CT molecular complexity index is 494. The molecule has 0 unspecified atom stereocenters. The van der Waals surface area contributed by atoms with Gasteiger partial charge < -0.3 is 0 Å². The molecule has 3 aromatic rings. The van der Waals surface area contributed by atoms with E-state index < -0.39 is 0 Å². The Morgan fingerprint density at radius 3 is 2.79 bits per heavy atom. The smallest absolute Gasteiger partial charge is 0.0346 e. The van der Waals surface area contributed by atoms with E-state index in [9.17, 15) is 0 Å². The summed E-state index contributed by atoms with van der Waals surface area (Å²) in [5.74, 6) is 0. The van der Waals surface area contributed by atoms with Crippen molar-refractivity contribution in [1.82, 2.24) is 4.98 Å². The van der Waals surface area contributed by atoms with Gasteiger partial charge in [-0.05, 0) is 46.5 Å². The van der Waals surface area contributed by atoms with Crippen LogP contribution >= 0.6 is 0 Å². The zero-order valence-electron chi connectivity index (χ0n) is 7.57. The minimum absolute atomic E-state index is 1.19. The van der Waals surface area contributed by atoms with Gasteiger partial charge in [-0.15, -0.1) is 0 Å². The number of pyridine rings is 1. The van der Waals surface area contributed by atoms with E-state index >= 15 is 0 Å². The van der Waals surface area contributed by atoms with Gasteiger partial charge in [0.15, 0.2) is 0 Å². The quantitative estimate of drug-likeness (QED) is 0.482.